The van der Waals surface area contributed by atoms with Crippen LogP contribution in [0.2, 0.25) is 0 Å². The van der Waals surface area contributed by atoms with Crippen LogP contribution in [0.25, 0.3) is 6.08 Å². The smallest absolute Gasteiger partial charge is 0.332 e. The molecule has 150 valence electrons. The molecule has 2 amide bonds. The SMILES string of the molecule is CC(C)(C)NC(=O)CC1(OC(=O)/C=C/c2ccccc2)C(=O)Nc2ccccc21. The van der Waals surface area contributed by atoms with E-state index in [1.165, 1.54) is 6.08 Å². The molecule has 6 nitrogen and oxygen atoms in total. The lowest BCUT2D eigenvalue weighted by molar-refractivity contribution is -0.164. The van der Waals surface area contributed by atoms with E-state index in [0.29, 0.717) is 11.3 Å². The molecule has 1 aliphatic heterocycles. The fourth-order valence-electron chi connectivity index (χ4n) is 3.23. The number of nitrogens with one attached hydrogen (secondary N) is 2. The van der Waals surface area contributed by atoms with Gasteiger partial charge in [0.2, 0.25) is 11.5 Å². The van der Waals surface area contributed by atoms with Crippen molar-refractivity contribution in [2.75, 3.05) is 5.32 Å². The average Bonchev–Trinajstić information content (AvgIpc) is 2.91. The van der Waals surface area contributed by atoms with Crippen molar-refractivity contribution in [1.82, 2.24) is 5.32 Å². The summed E-state index contributed by atoms with van der Waals surface area (Å²) in [5.74, 6) is -1.63. The second kappa shape index (κ2) is 7.91. The van der Waals surface area contributed by atoms with Gasteiger partial charge < -0.3 is 15.4 Å². The van der Waals surface area contributed by atoms with Gasteiger partial charge in [-0.3, -0.25) is 9.59 Å². The largest absolute Gasteiger partial charge is 0.440 e. The maximum Gasteiger partial charge on any atom is 0.332 e. The number of hydrogen-bond donors (Lipinski definition) is 2. The number of amides is 2. The zero-order valence-electron chi connectivity index (χ0n) is 16.7. The number of rotatable bonds is 5. The predicted octanol–water partition coefficient (Wildman–Crippen LogP) is 3.40. The minimum atomic E-state index is -1.72. The Morgan fingerprint density at radius 3 is 2.41 bits per heavy atom. The lowest BCUT2D eigenvalue weighted by Gasteiger charge is -2.28. The first kappa shape index (κ1) is 20.3. The Labute approximate surface area is 170 Å². The molecule has 0 aromatic heterocycles. The molecule has 0 bridgehead atoms. The Hall–Kier alpha value is -3.41. The number of fused-ring (bicyclic) bond motifs is 1. The molecular formula is C23H24N2O4. The monoisotopic (exact) mass is 392 g/mol. The molecule has 29 heavy (non-hydrogen) atoms. The van der Waals surface area contributed by atoms with Crippen molar-refractivity contribution in [3.8, 4) is 0 Å². The number of benzene rings is 2. The minimum Gasteiger partial charge on any atom is -0.440 e. The van der Waals surface area contributed by atoms with E-state index in [9.17, 15) is 14.4 Å². The van der Waals surface area contributed by atoms with Crippen LogP contribution in [0.5, 0.6) is 0 Å². The van der Waals surface area contributed by atoms with Crippen molar-refractivity contribution in [2.45, 2.75) is 38.3 Å². The first-order chi connectivity index (χ1) is 13.7. The van der Waals surface area contributed by atoms with Gasteiger partial charge in [0.05, 0.1) is 6.42 Å². The van der Waals surface area contributed by atoms with E-state index < -0.39 is 23.0 Å². The summed E-state index contributed by atoms with van der Waals surface area (Å²) >= 11 is 0. The van der Waals surface area contributed by atoms with Gasteiger partial charge in [-0.25, -0.2) is 4.79 Å². The zero-order chi connectivity index (χ0) is 21.1. The Bertz CT molecular complexity index is 960. The average molecular weight is 392 g/mol. The van der Waals surface area contributed by atoms with E-state index in [2.05, 4.69) is 10.6 Å². The van der Waals surface area contributed by atoms with Crippen LogP contribution in [0.4, 0.5) is 5.69 Å². The van der Waals surface area contributed by atoms with E-state index in [1.54, 1.807) is 30.3 Å². The fourth-order valence-corrected chi connectivity index (χ4v) is 3.23. The van der Waals surface area contributed by atoms with E-state index >= 15 is 0 Å². The Balaban J connectivity index is 1.90. The van der Waals surface area contributed by atoms with Gasteiger partial charge in [-0.15, -0.1) is 0 Å². The minimum absolute atomic E-state index is 0.308. The molecule has 1 atom stereocenters. The summed E-state index contributed by atoms with van der Waals surface area (Å²) in [6.07, 6.45) is 2.55. The second-order valence-electron chi connectivity index (χ2n) is 7.97. The fraction of sp³-hybridized carbons (Fsp3) is 0.261. The molecule has 0 saturated carbocycles. The first-order valence-electron chi connectivity index (χ1n) is 9.38. The summed E-state index contributed by atoms with van der Waals surface area (Å²) in [7, 11) is 0. The van der Waals surface area contributed by atoms with Crippen LogP contribution in [-0.4, -0.2) is 23.3 Å². The van der Waals surface area contributed by atoms with Gasteiger partial charge in [0.15, 0.2) is 0 Å². The summed E-state index contributed by atoms with van der Waals surface area (Å²) in [4.78, 5) is 38.1. The Kier molecular flexibility index (Phi) is 5.55. The summed E-state index contributed by atoms with van der Waals surface area (Å²) in [6, 6.07) is 16.2. The zero-order valence-corrected chi connectivity index (χ0v) is 16.7. The number of ether oxygens (including phenoxy) is 1. The molecule has 0 spiro atoms. The van der Waals surface area contributed by atoms with Gasteiger partial charge in [0.25, 0.3) is 5.91 Å². The molecule has 2 aromatic carbocycles. The summed E-state index contributed by atoms with van der Waals surface area (Å²) in [6.45, 7) is 5.53. The Morgan fingerprint density at radius 1 is 1.07 bits per heavy atom. The lowest BCUT2D eigenvalue weighted by Crippen LogP contribution is -2.47. The van der Waals surface area contributed by atoms with Crippen LogP contribution in [0, 0.1) is 0 Å². The number of para-hydroxylation sites is 1. The third kappa shape index (κ3) is 4.71. The van der Waals surface area contributed by atoms with E-state index in [4.69, 9.17) is 4.74 Å². The van der Waals surface area contributed by atoms with Crippen LogP contribution in [0.3, 0.4) is 0 Å². The number of esters is 1. The van der Waals surface area contributed by atoms with E-state index in [-0.39, 0.29) is 12.3 Å². The van der Waals surface area contributed by atoms with Gasteiger partial charge in [-0.2, -0.15) is 0 Å². The third-order valence-corrected chi connectivity index (χ3v) is 4.39. The highest BCUT2D eigenvalue weighted by atomic mass is 16.6. The van der Waals surface area contributed by atoms with Crippen LogP contribution < -0.4 is 10.6 Å². The highest BCUT2D eigenvalue weighted by molar-refractivity contribution is 6.08. The molecule has 0 radical (unpaired) electrons. The van der Waals surface area contributed by atoms with Crippen LogP contribution in [0.15, 0.2) is 60.7 Å². The molecular weight excluding hydrogens is 368 g/mol. The summed E-state index contributed by atoms with van der Waals surface area (Å²) in [5.41, 5.74) is -0.384. The van der Waals surface area contributed by atoms with Crippen molar-refractivity contribution in [2.24, 2.45) is 0 Å². The van der Waals surface area contributed by atoms with Gasteiger partial charge in [0, 0.05) is 22.9 Å². The molecule has 0 fully saturated rings. The molecule has 1 heterocycles. The first-order valence-corrected chi connectivity index (χ1v) is 9.38. The van der Waals surface area contributed by atoms with Gasteiger partial charge in [0.1, 0.15) is 0 Å². The summed E-state index contributed by atoms with van der Waals surface area (Å²) in [5, 5.41) is 5.54. The second-order valence-corrected chi connectivity index (χ2v) is 7.97. The lowest BCUT2D eigenvalue weighted by atomic mass is 9.90. The Morgan fingerprint density at radius 2 is 1.72 bits per heavy atom. The molecule has 2 aromatic rings. The number of carbonyl (C=O) groups is 3. The van der Waals surface area contributed by atoms with Crippen molar-refractivity contribution < 1.29 is 19.1 Å². The maximum absolute atomic E-state index is 12.9. The number of hydrogen-bond acceptors (Lipinski definition) is 4. The molecule has 3 rings (SSSR count). The van der Waals surface area contributed by atoms with Gasteiger partial charge >= 0.3 is 5.97 Å². The topological polar surface area (TPSA) is 84.5 Å². The standard InChI is InChI=1S/C23H24N2O4/c1-22(2,3)25-19(26)15-23(17-11-7-8-12-18(17)24-21(23)28)29-20(27)14-13-16-9-5-4-6-10-16/h4-14H,15H2,1-3H3,(H,24,28)(H,25,26)/b14-13+. The normalized spacial score (nSPS) is 18.2. The molecule has 6 heteroatoms. The van der Waals surface area contributed by atoms with Crippen LogP contribution >= 0.6 is 0 Å². The van der Waals surface area contributed by atoms with Gasteiger partial charge in [-0.05, 0) is 38.5 Å². The number of carbonyl (C=O) groups excluding carboxylic acids is 3. The number of anilines is 1. The van der Waals surface area contributed by atoms with Crippen molar-refractivity contribution in [3.63, 3.8) is 0 Å². The molecule has 1 unspecified atom stereocenters. The quantitative estimate of drug-likeness (QED) is 0.603. The molecule has 2 N–H and O–H groups in total. The molecule has 0 aliphatic carbocycles. The third-order valence-electron chi connectivity index (χ3n) is 4.39. The van der Waals surface area contributed by atoms with Crippen molar-refractivity contribution >= 4 is 29.5 Å². The highest BCUT2D eigenvalue weighted by Crippen LogP contribution is 2.41. The highest BCUT2D eigenvalue weighted by Gasteiger charge is 2.51. The van der Waals surface area contributed by atoms with Crippen LogP contribution in [-0.2, 0) is 24.7 Å². The summed E-state index contributed by atoms with van der Waals surface area (Å²) < 4.78 is 5.65. The van der Waals surface area contributed by atoms with Crippen molar-refractivity contribution in [1.29, 1.82) is 0 Å². The van der Waals surface area contributed by atoms with Crippen molar-refractivity contribution in [3.05, 3.63) is 71.8 Å². The van der Waals surface area contributed by atoms with Crippen LogP contribution in [0.1, 0.15) is 38.3 Å². The molecule has 1 aliphatic rings. The van der Waals surface area contributed by atoms with E-state index in [0.717, 1.165) is 5.56 Å². The van der Waals surface area contributed by atoms with Gasteiger partial charge in [-0.1, -0.05) is 48.5 Å². The predicted molar refractivity (Wildman–Crippen MR) is 111 cm³/mol. The maximum atomic E-state index is 12.9. The molecule has 0 saturated heterocycles. The van der Waals surface area contributed by atoms with E-state index in [1.807, 2.05) is 51.1 Å².